The summed E-state index contributed by atoms with van der Waals surface area (Å²) >= 11 is 3.49. The molecule has 0 spiro atoms. The van der Waals surface area contributed by atoms with Crippen molar-refractivity contribution in [2.45, 2.75) is 26.2 Å². The van der Waals surface area contributed by atoms with E-state index in [1.165, 1.54) is 0 Å². The monoisotopic (exact) mass is 313 g/mol. The first-order chi connectivity index (χ1) is 8.60. The van der Waals surface area contributed by atoms with Gasteiger partial charge < -0.3 is 9.84 Å². The summed E-state index contributed by atoms with van der Waals surface area (Å²) in [7, 11) is 0. The summed E-state index contributed by atoms with van der Waals surface area (Å²) in [5, 5.41) is 9.28. The number of aliphatic hydroxyl groups excluding tert-OH is 1. The summed E-state index contributed by atoms with van der Waals surface area (Å²) in [5.41, 5.74) is 1.14. The van der Waals surface area contributed by atoms with Gasteiger partial charge in [-0.2, -0.15) is 0 Å². The van der Waals surface area contributed by atoms with Crippen LogP contribution in [0.2, 0.25) is 0 Å². The average molecular weight is 314 g/mol. The Bertz CT molecular complexity index is 397. The largest absolute Gasteiger partial charge is 0.394 e. The van der Waals surface area contributed by atoms with Crippen molar-refractivity contribution >= 4 is 15.9 Å². The molecule has 0 amide bonds. The molecule has 2 unspecified atom stereocenters. The van der Waals surface area contributed by atoms with Gasteiger partial charge in [0.1, 0.15) is 6.23 Å². The van der Waals surface area contributed by atoms with Crippen molar-refractivity contribution in [3.63, 3.8) is 0 Å². The van der Waals surface area contributed by atoms with Gasteiger partial charge in [-0.05, 0) is 23.6 Å². The molecule has 1 N–H and O–H groups in total. The first-order valence-electron chi connectivity index (χ1n) is 6.36. The molecule has 1 heterocycles. The van der Waals surface area contributed by atoms with E-state index >= 15 is 0 Å². The van der Waals surface area contributed by atoms with Crippen LogP contribution in [0.15, 0.2) is 28.7 Å². The predicted octanol–water partition coefficient (Wildman–Crippen LogP) is 2.80. The molecule has 18 heavy (non-hydrogen) atoms. The summed E-state index contributed by atoms with van der Waals surface area (Å²) in [6.45, 7) is 6.26. The topological polar surface area (TPSA) is 32.7 Å². The standard InChI is InChI=1S/C14H20BrNO2/c1-10(2)7-16-8-13(9-17)18-14(16)11-4-3-5-12(15)6-11/h3-6,10,13-14,17H,7-9H2,1-2H3. The third-order valence-corrected chi connectivity index (χ3v) is 3.52. The van der Waals surface area contributed by atoms with E-state index in [1.807, 2.05) is 12.1 Å². The van der Waals surface area contributed by atoms with E-state index in [-0.39, 0.29) is 18.9 Å². The van der Waals surface area contributed by atoms with Crippen molar-refractivity contribution < 1.29 is 9.84 Å². The zero-order valence-electron chi connectivity index (χ0n) is 10.8. The SMILES string of the molecule is CC(C)CN1CC(CO)OC1c1cccc(Br)c1. The fraction of sp³-hybridized carbons (Fsp3) is 0.571. The molecule has 1 aromatic carbocycles. The van der Waals surface area contributed by atoms with Gasteiger partial charge in [0, 0.05) is 17.6 Å². The molecule has 0 bridgehead atoms. The molecule has 0 aromatic heterocycles. The first-order valence-corrected chi connectivity index (χ1v) is 7.15. The Hall–Kier alpha value is -0.420. The van der Waals surface area contributed by atoms with Crippen LogP contribution >= 0.6 is 15.9 Å². The molecule has 0 saturated carbocycles. The number of nitrogens with zero attached hydrogens (tertiary/aromatic N) is 1. The molecular weight excluding hydrogens is 294 g/mol. The number of halogens is 1. The average Bonchev–Trinajstić information content (AvgIpc) is 2.71. The Morgan fingerprint density at radius 2 is 2.28 bits per heavy atom. The fourth-order valence-electron chi connectivity index (χ4n) is 2.36. The minimum Gasteiger partial charge on any atom is -0.394 e. The lowest BCUT2D eigenvalue weighted by Gasteiger charge is -2.24. The number of rotatable bonds is 4. The van der Waals surface area contributed by atoms with Crippen molar-refractivity contribution in [2.24, 2.45) is 5.92 Å². The number of hydrogen-bond acceptors (Lipinski definition) is 3. The van der Waals surface area contributed by atoms with Gasteiger partial charge >= 0.3 is 0 Å². The van der Waals surface area contributed by atoms with Crippen molar-refractivity contribution in [3.8, 4) is 0 Å². The smallest absolute Gasteiger partial charge is 0.137 e. The number of aliphatic hydroxyl groups is 1. The van der Waals surface area contributed by atoms with Gasteiger partial charge in [-0.3, -0.25) is 4.90 Å². The summed E-state index contributed by atoms with van der Waals surface area (Å²) in [4.78, 5) is 2.30. The van der Waals surface area contributed by atoms with Crippen molar-refractivity contribution in [3.05, 3.63) is 34.3 Å². The summed E-state index contributed by atoms with van der Waals surface area (Å²) < 4.78 is 6.98. The lowest BCUT2D eigenvalue weighted by atomic mass is 10.1. The van der Waals surface area contributed by atoms with Crippen LogP contribution in [0.5, 0.6) is 0 Å². The van der Waals surface area contributed by atoms with E-state index in [1.54, 1.807) is 0 Å². The van der Waals surface area contributed by atoms with Gasteiger partial charge in [0.15, 0.2) is 0 Å². The Labute approximate surface area is 117 Å². The minimum absolute atomic E-state index is 0.0398. The second-order valence-electron chi connectivity index (χ2n) is 5.20. The normalized spacial score (nSPS) is 24.9. The van der Waals surface area contributed by atoms with E-state index in [2.05, 4.69) is 46.8 Å². The van der Waals surface area contributed by atoms with Crippen LogP contribution in [-0.2, 0) is 4.74 Å². The van der Waals surface area contributed by atoms with Crippen LogP contribution in [0.3, 0.4) is 0 Å². The second-order valence-corrected chi connectivity index (χ2v) is 6.11. The van der Waals surface area contributed by atoms with Gasteiger partial charge in [0.05, 0.1) is 12.7 Å². The molecule has 2 rings (SSSR count). The highest BCUT2D eigenvalue weighted by Crippen LogP contribution is 2.31. The zero-order valence-corrected chi connectivity index (χ0v) is 12.4. The summed E-state index contributed by atoms with van der Waals surface area (Å²) in [6.07, 6.45) is -0.116. The predicted molar refractivity (Wildman–Crippen MR) is 75.3 cm³/mol. The quantitative estimate of drug-likeness (QED) is 0.927. The van der Waals surface area contributed by atoms with E-state index in [0.29, 0.717) is 5.92 Å². The Morgan fingerprint density at radius 1 is 1.50 bits per heavy atom. The molecule has 2 atom stereocenters. The van der Waals surface area contributed by atoms with Crippen LogP contribution in [0, 0.1) is 5.92 Å². The number of ether oxygens (including phenoxy) is 1. The molecule has 1 aliphatic rings. The molecular formula is C14H20BrNO2. The lowest BCUT2D eigenvalue weighted by molar-refractivity contribution is -0.0218. The molecule has 0 radical (unpaired) electrons. The molecule has 0 aliphatic carbocycles. The molecule has 1 fully saturated rings. The highest BCUT2D eigenvalue weighted by Gasteiger charge is 2.33. The van der Waals surface area contributed by atoms with Crippen molar-refractivity contribution in [1.82, 2.24) is 4.90 Å². The molecule has 1 saturated heterocycles. The molecule has 1 aromatic rings. The maximum atomic E-state index is 9.28. The lowest BCUT2D eigenvalue weighted by Crippen LogP contribution is -2.29. The van der Waals surface area contributed by atoms with Crippen LogP contribution in [0.4, 0.5) is 0 Å². The summed E-state index contributed by atoms with van der Waals surface area (Å²) in [6, 6.07) is 8.18. The third kappa shape index (κ3) is 3.32. The number of hydrogen-bond donors (Lipinski definition) is 1. The van der Waals surface area contributed by atoms with Gasteiger partial charge in [0.2, 0.25) is 0 Å². The summed E-state index contributed by atoms with van der Waals surface area (Å²) in [5.74, 6) is 0.584. The van der Waals surface area contributed by atoms with E-state index < -0.39 is 0 Å². The molecule has 4 heteroatoms. The van der Waals surface area contributed by atoms with Crippen LogP contribution in [-0.4, -0.2) is 35.8 Å². The second kappa shape index (κ2) is 6.15. The fourth-order valence-corrected chi connectivity index (χ4v) is 2.78. The maximum Gasteiger partial charge on any atom is 0.137 e. The first kappa shape index (κ1) is 14.0. The van der Waals surface area contributed by atoms with Crippen molar-refractivity contribution in [1.29, 1.82) is 0 Å². The van der Waals surface area contributed by atoms with Crippen LogP contribution in [0.25, 0.3) is 0 Å². The third-order valence-electron chi connectivity index (χ3n) is 3.03. The minimum atomic E-state index is -0.0762. The Kier molecular flexibility index (Phi) is 4.78. The van der Waals surface area contributed by atoms with Gasteiger partial charge in [-0.25, -0.2) is 0 Å². The number of benzene rings is 1. The van der Waals surface area contributed by atoms with Crippen LogP contribution < -0.4 is 0 Å². The maximum absolute atomic E-state index is 9.28. The highest BCUT2D eigenvalue weighted by atomic mass is 79.9. The van der Waals surface area contributed by atoms with E-state index in [9.17, 15) is 5.11 Å². The zero-order chi connectivity index (χ0) is 13.1. The van der Waals surface area contributed by atoms with Gasteiger partial charge in [0.25, 0.3) is 0 Å². The van der Waals surface area contributed by atoms with Crippen molar-refractivity contribution in [2.75, 3.05) is 19.7 Å². The van der Waals surface area contributed by atoms with E-state index in [4.69, 9.17) is 4.74 Å². The highest BCUT2D eigenvalue weighted by molar-refractivity contribution is 9.10. The Morgan fingerprint density at radius 3 is 2.89 bits per heavy atom. The Balaban J connectivity index is 2.17. The molecule has 1 aliphatic heterocycles. The van der Waals surface area contributed by atoms with Gasteiger partial charge in [-0.1, -0.05) is 41.9 Å². The molecule has 100 valence electrons. The molecule has 3 nitrogen and oxygen atoms in total. The van der Waals surface area contributed by atoms with E-state index in [0.717, 1.165) is 23.1 Å². The van der Waals surface area contributed by atoms with Crippen LogP contribution in [0.1, 0.15) is 25.6 Å². The van der Waals surface area contributed by atoms with Gasteiger partial charge in [-0.15, -0.1) is 0 Å².